The first-order valence-corrected chi connectivity index (χ1v) is 9.90. The van der Waals surface area contributed by atoms with E-state index < -0.39 is 12.0 Å². The van der Waals surface area contributed by atoms with Crippen LogP contribution in [0.1, 0.15) is 24.1 Å². The summed E-state index contributed by atoms with van der Waals surface area (Å²) in [5, 5.41) is 0. The minimum atomic E-state index is -0.907. The molecule has 7 heteroatoms. The quantitative estimate of drug-likeness (QED) is 0.402. The van der Waals surface area contributed by atoms with E-state index in [2.05, 4.69) is 0 Å². The van der Waals surface area contributed by atoms with Crippen LogP contribution in [0.3, 0.4) is 0 Å². The van der Waals surface area contributed by atoms with Gasteiger partial charge in [-0.2, -0.15) is 0 Å². The van der Waals surface area contributed by atoms with Crippen LogP contribution in [0.25, 0.3) is 6.08 Å². The molecule has 0 bridgehead atoms. The van der Waals surface area contributed by atoms with Crippen LogP contribution in [0.4, 0.5) is 0 Å². The van der Waals surface area contributed by atoms with E-state index in [-0.39, 0.29) is 12.5 Å². The molecule has 0 N–H and O–H groups in total. The molecule has 1 unspecified atom stereocenters. The molecular weight excluding hydrogens is 394 g/mol. The van der Waals surface area contributed by atoms with E-state index in [0.717, 1.165) is 11.3 Å². The summed E-state index contributed by atoms with van der Waals surface area (Å²) >= 11 is 6.60. The Morgan fingerprint density at radius 1 is 1.18 bits per heavy atom. The van der Waals surface area contributed by atoms with Crippen LogP contribution in [0.15, 0.2) is 59.5 Å². The van der Waals surface area contributed by atoms with Gasteiger partial charge in [0.15, 0.2) is 6.04 Å². The van der Waals surface area contributed by atoms with E-state index in [9.17, 15) is 9.59 Å². The number of hydrogen-bond acceptors (Lipinski definition) is 6. The predicted molar refractivity (Wildman–Crippen MR) is 114 cm³/mol. The van der Waals surface area contributed by atoms with Gasteiger partial charge in [0, 0.05) is 0 Å². The molecule has 28 heavy (non-hydrogen) atoms. The third-order valence-electron chi connectivity index (χ3n) is 4.12. The molecule has 0 radical (unpaired) electrons. The van der Waals surface area contributed by atoms with Crippen molar-refractivity contribution in [3.8, 4) is 5.75 Å². The van der Waals surface area contributed by atoms with Crippen LogP contribution < -0.4 is 4.74 Å². The molecule has 1 aliphatic rings. The lowest BCUT2D eigenvalue weighted by Gasteiger charge is -2.25. The second kappa shape index (κ2) is 9.03. The van der Waals surface area contributed by atoms with E-state index in [1.807, 2.05) is 42.5 Å². The molecule has 0 spiro atoms. The fourth-order valence-electron chi connectivity index (χ4n) is 2.80. The number of benzene rings is 2. The largest absolute Gasteiger partial charge is 0.497 e. The zero-order valence-corrected chi connectivity index (χ0v) is 17.1. The summed E-state index contributed by atoms with van der Waals surface area (Å²) in [5.41, 5.74) is 1.50. The Morgan fingerprint density at radius 3 is 2.46 bits per heavy atom. The van der Waals surface area contributed by atoms with Crippen LogP contribution in [0.5, 0.6) is 5.75 Å². The number of esters is 1. The topological polar surface area (TPSA) is 55.8 Å². The first kappa shape index (κ1) is 20.1. The van der Waals surface area contributed by atoms with Gasteiger partial charge in [0.05, 0.1) is 18.6 Å². The monoisotopic (exact) mass is 413 g/mol. The van der Waals surface area contributed by atoms with Crippen LogP contribution in [-0.4, -0.2) is 34.8 Å². The molecule has 1 amide bonds. The summed E-state index contributed by atoms with van der Waals surface area (Å²) < 4.78 is 10.7. The maximum absolute atomic E-state index is 13.1. The minimum Gasteiger partial charge on any atom is -0.497 e. The standard InChI is InChI=1S/C21H19NO4S2/c1-3-26-20(24)18(15-7-5-4-6-8-15)22-19(23)17(28-21(22)27)13-14-9-11-16(25-2)12-10-14/h4-13,18H,3H2,1-2H3/b17-13-. The number of carbonyl (C=O) groups is 2. The Kier molecular flexibility index (Phi) is 6.49. The number of amides is 1. The van der Waals surface area contributed by atoms with E-state index >= 15 is 0 Å². The predicted octanol–water partition coefficient (Wildman–Crippen LogP) is 4.20. The van der Waals surface area contributed by atoms with Crippen molar-refractivity contribution in [1.29, 1.82) is 0 Å². The molecule has 0 aromatic heterocycles. The lowest BCUT2D eigenvalue weighted by molar-refractivity contribution is -0.151. The first-order chi connectivity index (χ1) is 13.5. The highest BCUT2D eigenvalue weighted by molar-refractivity contribution is 8.26. The zero-order chi connectivity index (χ0) is 20.1. The summed E-state index contributed by atoms with van der Waals surface area (Å²) in [6.07, 6.45) is 1.76. The summed E-state index contributed by atoms with van der Waals surface area (Å²) in [6.45, 7) is 1.95. The van der Waals surface area contributed by atoms with Gasteiger partial charge in [0.25, 0.3) is 5.91 Å². The van der Waals surface area contributed by atoms with Gasteiger partial charge in [-0.15, -0.1) is 0 Å². The molecule has 0 aliphatic carbocycles. The van der Waals surface area contributed by atoms with Gasteiger partial charge in [0.2, 0.25) is 0 Å². The molecule has 0 saturated carbocycles. The van der Waals surface area contributed by atoms with Crippen molar-refractivity contribution >= 4 is 46.3 Å². The summed E-state index contributed by atoms with van der Waals surface area (Å²) in [7, 11) is 1.60. The lowest BCUT2D eigenvalue weighted by Crippen LogP contribution is -2.38. The van der Waals surface area contributed by atoms with Gasteiger partial charge in [-0.25, -0.2) is 4.79 Å². The average Bonchev–Trinajstić information content (AvgIpc) is 2.98. The van der Waals surface area contributed by atoms with Gasteiger partial charge < -0.3 is 9.47 Å². The number of ether oxygens (including phenoxy) is 2. The maximum atomic E-state index is 13.1. The van der Waals surface area contributed by atoms with Crippen LogP contribution in [0.2, 0.25) is 0 Å². The van der Waals surface area contributed by atoms with Crippen LogP contribution >= 0.6 is 24.0 Å². The van der Waals surface area contributed by atoms with Gasteiger partial charge in [-0.05, 0) is 36.3 Å². The number of carbonyl (C=O) groups excluding carboxylic acids is 2. The molecule has 1 heterocycles. The fraction of sp³-hybridized carbons (Fsp3) is 0.190. The van der Waals surface area contributed by atoms with Gasteiger partial charge in [0.1, 0.15) is 10.1 Å². The Morgan fingerprint density at radius 2 is 1.86 bits per heavy atom. The molecule has 3 rings (SSSR count). The SMILES string of the molecule is CCOC(=O)C(c1ccccc1)N1C(=O)/C(=C/c2ccc(OC)cc2)SC1=S. The molecule has 1 aliphatic heterocycles. The van der Waals surface area contributed by atoms with Crippen molar-refractivity contribution in [2.45, 2.75) is 13.0 Å². The Labute approximate surface area is 173 Å². The Bertz CT molecular complexity index is 910. The third-order valence-corrected chi connectivity index (χ3v) is 5.45. The van der Waals surface area contributed by atoms with Crippen molar-refractivity contribution in [3.05, 3.63) is 70.6 Å². The normalized spacial score (nSPS) is 16.4. The van der Waals surface area contributed by atoms with Crippen molar-refractivity contribution in [3.63, 3.8) is 0 Å². The lowest BCUT2D eigenvalue weighted by atomic mass is 10.1. The van der Waals surface area contributed by atoms with Crippen LogP contribution in [0, 0.1) is 0 Å². The van der Waals surface area contributed by atoms with Gasteiger partial charge >= 0.3 is 5.97 Å². The van der Waals surface area contributed by atoms with Gasteiger partial charge in [-0.3, -0.25) is 9.69 Å². The zero-order valence-electron chi connectivity index (χ0n) is 15.5. The summed E-state index contributed by atoms with van der Waals surface area (Å²) in [4.78, 5) is 27.5. The number of thioether (sulfide) groups is 1. The van der Waals surface area contributed by atoms with Crippen molar-refractivity contribution in [1.82, 2.24) is 4.90 Å². The van der Waals surface area contributed by atoms with Crippen molar-refractivity contribution < 1.29 is 19.1 Å². The number of nitrogens with zero attached hydrogens (tertiary/aromatic N) is 1. The Balaban J connectivity index is 1.93. The molecule has 1 saturated heterocycles. The third kappa shape index (κ3) is 4.26. The smallest absolute Gasteiger partial charge is 0.333 e. The maximum Gasteiger partial charge on any atom is 0.333 e. The summed E-state index contributed by atoms with van der Waals surface area (Å²) in [5.74, 6) is -0.0837. The van der Waals surface area contributed by atoms with Crippen LogP contribution in [-0.2, 0) is 14.3 Å². The van der Waals surface area contributed by atoms with E-state index in [1.54, 1.807) is 32.2 Å². The molecule has 2 aromatic rings. The van der Waals surface area contributed by atoms with E-state index in [0.29, 0.717) is 14.8 Å². The molecule has 1 atom stereocenters. The van der Waals surface area contributed by atoms with Crippen molar-refractivity contribution in [2.75, 3.05) is 13.7 Å². The number of methoxy groups -OCH3 is 1. The molecule has 1 fully saturated rings. The number of hydrogen-bond donors (Lipinski definition) is 0. The fourth-order valence-corrected chi connectivity index (χ4v) is 4.11. The summed E-state index contributed by atoms with van der Waals surface area (Å²) in [6, 6.07) is 15.5. The second-order valence-electron chi connectivity index (χ2n) is 5.89. The molecule has 5 nitrogen and oxygen atoms in total. The molecule has 144 valence electrons. The number of thiocarbonyl (C=S) groups is 1. The Hall–Kier alpha value is -2.64. The highest BCUT2D eigenvalue weighted by Crippen LogP contribution is 2.38. The molecular formula is C21H19NO4S2. The average molecular weight is 414 g/mol. The highest BCUT2D eigenvalue weighted by atomic mass is 32.2. The molecule has 2 aromatic carbocycles. The van der Waals surface area contributed by atoms with Gasteiger partial charge in [-0.1, -0.05) is 66.4 Å². The minimum absolute atomic E-state index is 0.221. The first-order valence-electron chi connectivity index (χ1n) is 8.68. The second-order valence-corrected chi connectivity index (χ2v) is 7.57. The van der Waals surface area contributed by atoms with E-state index in [4.69, 9.17) is 21.7 Å². The number of rotatable bonds is 6. The van der Waals surface area contributed by atoms with E-state index in [1.165, 1.54) is 16.7 Å². The highest BCUT2D eigenvalue weighted by Gasteiger charge is 2.42. The van der Waals surface area contributed by atoms with Crippen molar-refractivity contribution in [2.24, 2.45) is 0 Å².